The van der Waals surface area contributed by atoms with Gasteiger partial charge in [-0.05, 0) is 18.4 Å². The minimum atomic E-state index is 0.218. The zero-order chi connectivity index (χ0) is 14.4. The second-order valence-electron chi connectivity index (χ2n) is 6.13. The van der Waals surface area contributed by atoms with Crippen LogP contribution in [0.2, 0.25) is 0 Å². The average Bonchev–Trinajstić information content (AvgIpc) is 3.15. The fourth-order valence-corrected chi connectivity index (χ4v) is 3.82. The van der Waals surface area contributed by atoms with Gasteiger partial charge in [0.25, 0.3) is 0 Å². The van der Waals surface area contributed by atoms with Gasteiger partial charge in [0.1, 0.15) is 0 Å². The number of rotatable bonds is 2. The van der Waals surface area contributed by atoms with Crippen LogP contribution in [0.25, 0.3) is 10.9 Å². The Morgan fingerprint density at radius 3 is 3.14 bits per heavy atom. The van der Waals surface area contributed by atoms with Crippen molar-refractivity contribution < 1.29 is 4.79 Å². The maximum atomic E-state index is 12.7. The second-order valence-corrected chi connectivity index (χ2v) is 6.13. The fraction of sp³-hybridized carbons (Fsp3) is 0.500. The third kappa shape index (κ3) is 2.03. The van der Waals surface area contributed by atoms with Crippen molar-refractivity contribution in [1.82, 2.24) is 20.0 Å². The summed E-state index contributed by atoms with van der Waals surface area (Å²) in [6.07, 6.45) is 1.54. The van der Waals surface area contributed by atoms with E-state index in [1.54, 1.807) is 0 Å². The highest BCUT2D eigenvalue weighted by atomic mass is 16.2. The molecule has 0 unspecified atom stereocenters. The summed E-state index contributed by atoms with van der Waals surface area (Å²) in [5.41, 5.74) is 1.98. The van der Waals surface area contributed by atoms with E-state index < -0.39 is 0 Å². The Labute approximate surface area is 123 Å². The van der Waals surface area contributed by atoms with E-state index in [0.717, 1.165) is 42.7 Å². The van der Waals surface area contributed by atoms with Crippen LogP contribution in [0.1, 0.15) is 12.1 Å². The zero-order valence-electron chi connectivity index (χ0n) is 12.2. The minimum absolute atomic E-state index is 0.218. The Morgan fingerprint density at radius 1 is 1.38 bits per heavy atom. The molecule has 2 aliphatic heterocycles. The number of aryl methyl sites for hydroxylation is 1. The summed E-state index contributed by atoms with van der Waals surface area (Å²) >= 11 is 0. The molecular weight excluding hydrogens is 264 g/mol. The molecule has 2 fully saturated rings. The number of hydrogen-bond acceptors (Lipinski definition) is 3. The van der Waals surface area contributed by atoms with E-state index in [4.69, 9.17) is 0 Å². The highest BCUT2D eigenvalue weighted by molar-refractivity contribution is 5.88. The maximum absolute atomic E-state index is 12.7. The number of fused-ring (bicyclic) bond motifs is 2. The average molecular weight is 284 g/mol. The third-order valence-electron chi connectivity index (χ3n) is 4.92. The predicted molar refractivity (Wildman–Crippen MR) is 80.9 cm³/mol. The molecule has 0 spiro atoms. The Bertz CT molecular complexity index is 693. The van der Waals surface area contributed by atoms with E-state index >= 15 is 0 Å². The van der Waals surface area contributed by atoms with Gasteiger partial charge >= 0.3 is 0 Å². The largest absolute Gasteiger partial charge is 0.338 e. The van der Waals surface area contributed by atoms with Crippen molar-refractivity contribution in [1.29, 1.82) is 0 Å². The molecule has 1 aromatic heterocycles. The lowest BCUT2D eigenvalue weighted by Crippen LogP contribution is -2.40. The molecule has 0 aliphatic carbocycles. The first kappa shape index (κ1) is 12.8. The molecule has 1 amide bonds. The van der Waals surface area contributed by atoms with Crippen molar-refractivity contribution in [2.24, 2.45) is 13.0 Å². The van der Waals surface area contributed by atoms with Gasteiger partial charge in [0.15, 0.2) is 0 Å². The van der Waals surface area contributed by atoms with Crippen LogP contribution in [0.15, 0.2) is 24.3 Å². The molecule has 1 N–H and O–H groups in total. The summed E-state index contributed by atoms with van der Waals surface area (Å²) in [5, 5.41) is 9.02. The number of carbonyl (C=O) groups is 1. The summed E-state index contributed by atoms with van der Waals surface area (Å²) in [5.74, 6) is 0.865. The molecule has 4 rings (SSSR count). The molecule has 5 nitrogen and oxygen atoms in total. The summed E-state index contributed by atoms with van der Waals surface area (Å²) in [4.78, 5) is 14.7. The third-order valence-corrected chi connectivity index (χ3v) is 4.92. The zero-order valence-corrected chi connectivity index (χ0v) is 12.2. The highest BCUT2D eigenvalue weighted by Crippen LogP contribution is 2.28. The molecular formula is C16H20N4O. The van der Waals surface area contributed by atoms with Crippen LogP contribution >= 0.6 is 0 Å². The van der Waals surface area contributed by atoms with E-state index in [-0.39, 0.29) is 5.91 Å². The second kappa shape index (κ2) is 4.84. The van der Waals surface area contributed by atoms with Crippen LogP contribution in [-0.2, 0) is 18.3 Å². The van der Waals surface area contributed by atoms with Crippen molar-refractivity contribution in [3.8, 4) is 0 Å². The van der Waals surface area contributed by atoms with Gasteiger partial charge in [0, 0.05) is 38.1 Å². The Kier molecular flexibility index (Phi) is 2.96. The number of para-hydroxylation sites is 1. The molecule has 1 aromatic carbocycles. The Morgan fingerprint density at radius 2 is 2.24 bits per heavy atom. The fourth-order valence-electron chi connectivity index (χ4n) is 3.82. The van der Waals surface area contributed by atoms with Gasteiger partial charge in [0.2, 0.25) is 5.91 Å². The monoisotopic (exact) mass is 284 g/mol. The van der Waals surface area contributed by atoms with Crippen LogP contribution in [0.3, 0.4) is 0 Å². The van der Waals surface area contributed by atoms with Crippen molar-refractivity contribution >= 4 is 16.8 Å². The van der Waals surface area contributed by atoms with Crippen molar-refractivity contribution in [3.05, 3.63) is 30.0 Å². The number of aromatic nitrogens is 2. The van der Waals surface area contributed by atoms with E-state index in [2.05, 4.69) is 21.4 Å². The van der Waals surface area contributed by atoms with Gasteiger partial charge in [-0.15, -0.1) is 0 Å². The number of carbonyl (C=O) groups excluding carboxylic acids is 1. The standard InChI is InChI=1S/C16H20N4O/c1-19-14-5-3-2-4-12(14)13(18-19)8-16(21)20-7-6-11-9-17-10-15(11)20/h2-5,11,15,17H,6-10H2,1H3/t11-,15+/m1/s1. The normalized spacial score (nSPS) is 24.7. The lowest BCUT2D eigenvalue weighted by Gasteiger charge is -2.23. The molecule has 110 valence electrons. The van der Waals surface area contributed by atoms with Gasteiger partial charge in [-0.1, -0.05) is 18.2 Å². The minimum Gasteiger partial charge on any atom is -0.338 e. The number of hydrogen-bond donors (Lipinski definition) is 1. The summed E-state index contributed by atoms with van der Waals surface area (Å²) < 4.78 is 1.86. The molecule has 0 radical (unpaired) electrons. The van der Waals surface area contributed by atoms with Gasteiger partial charge in [-0.3, -0.25) is 9.48 Å². The van der Waals surface area contributed by atoms with Gasteiger partial charge in [0.05, 0.1) is 17.6 Å². The smallest absolute Gasteiger partial charge is 0.228 e. The summed E-state index contributed by atoms with van der Waals surface area (Å²) in [6.45, 7) is 2.90. The van der Waals surface area contributed by atoms with Crippen LogP contribution < -0.4 is 5.32 Å². The van der Waals surface area contributed by atoms with E-state index in [9.17, 15) is 4.79 Å². The van der Waals surface area contributed by atoms with Gasteiger partial charge < -0.3 is 10.2 Å². The first-order chi connectivity index (χ1) is 10.2. The molecule has 0 saturated carbocycles. The van der Waals surface area contributed by atoms with Crippen molar-refractivity contribution in [3.63, 3.8) is 0 Å². The number of likely N-dealkylation sites (tertiary alicyclic amines) is 1. The Balaban J connectivity index is 1.59. The molecule has 21 heavy (non-hydrogen) atoms. The van der Waals surface area contributed by atoms with Crippen LogP contribution in [0, 0.1) is 5.92 Å². The lowest BCUT2D eigenvalue weighted by molar-refractivity contribution is -0.131. The topological polar surface area (TPSA) is 50.2 Å². The molecule has 2 atom stereocenters. The van der Waals surface area contributed by atoms with Gasteiger partial charge in [-0.2, -0.15) is 5.10 Å². The summed E-state index contributed by atoms with van der Waals surface area (Å²) in [7, 11) is 1.93. The van der Waals surface area contributed by atoms with E-state index in [1.165, 1.54) is 0 Å². The van der Waals surface area contributed by atoms with Crippen molar-refractivity contribution in [2.75, 3.05) is 19.6 Å². The Hall–Kier alpha value is -1.88. The molecule has 3 heterocycles. The molecule has 2 aromatic rings. The number of amides is 1. The lowest BCUT2D eigenvalue weighted by atomic mass is 10.0. The predicted octanol–water partition coefficient (Wildman–Crippen LogP) is 0.936. The molecule has 2 saturated heterocycles. The summed E-state index contributed by atoms with van der Waals surface area (Å²) in [6, 6.07) is 8.50. The number of benzene rings is 1. The van der Waals surface area contributed by atoms with Crippen molar-refractivity contribution in [2.45, 2.75) is 18.9 Å². The molecule has 0 bridgehead atoms. The number of nitrogens with one attached hydrogen (secondary N) is 1. The molecule has 2 aliphatic rings. The quantitative estimate of drug-likeness (QED) is 0.893. The number of nitrogens with zero attached hydrogens (tertiary/aromatic N) is 3. The first-order valence-corrected chi connectivity index (χ1v) is 7.65. The maximum Gasteiger partial charge on any atom is 0.228 e. The van der Waals surface area contributed by atoms with Crippen LogP contribution in [0.5, 0.6) is 0 Å². The van der Waals surface area contributed by atoms with E-state index in [1.807, 2.05) is 29.9 Å². The van der Waals surface area contributed by atoms with E-state index in [0.29, 0.717) is 18.4 Å². The molecule has 5 heteroatoms. The SMILES string of the molecule is Cn1nc(CC(=O)N2CC[C@@H]3CNC[C@@H]32)c2ccccc21. The van der Waals surface area contributed by atoms with Crippen LogP contribution in [-0.4, -0.2) is 46.3 Å². The van der Waals surface area contributed by atoms with Gasteiger partial charge in [-0.25, -0.2) is 0 Å². The first-order valence-electron chi connectivity index (χ1n) is 7.65. The van der Waals surface area contributed by atoms with Crippen LogP contribution in [0.4, 0.5) is 0 Å². The highest BCUT2D eigenvalue weighted by Gasteiger charge is 2.39.